The van der Waals surface area contributed by atoms with Crippen LogP contribution in [0.1, 0.15) is 23.6 Å². The van der Waals surface area contributed by atoms with Crippen LogP contribution in [0.15, 0.2) is 54.7 Å². The highest BCUT2D eigenvalue weighted by atomic mass is 19.4. The number of aromatic nitrogens is 2. The monoisotopic (exact) mass is 544 g/mol. The Balaban J connectivity index is 1.30. The van der Waals surface area contributed by atoms with Crippen LogP contribution >= 0.6 is 0 Å². The Bertz CT molecular complexity index is 1290. The molecule has 0 saturated carbocycles. The van der Waals surface area contributed by atoms with E-state index in [-0.39, 0.29) is 24.4 Å². The molecule has 2 heterocycles. The van der Waals surface area contributed by atoms with Crippen LogP contribution in [0.2, 0.25) is 0 Å². The lowest BCUT2D eigenvalue weighted by Crippen LogP contribution is -2.59. The standard InChI is InChI=1S/C29H31F3N2O5/c1-16-24(35-2)25(36-3)26(37-4)28(38-16)39-22-14-18-5-6-19(13-20(18)15-22)23-11-12-33-27(34-23)17-7-9-21(10-8-17)29(30,31)32/h5-13,16,22,24-26,28H,14-15H2,1-4H3/t16-,22?,24-,25+,26+,28-/m0/s1. The summed E-state index contributed by atoms with van der Waals surface area (Å²) >= 11 is 0. The van der Waals surface area contributed by atoms with E-state index in [9.17, 15) is 13.2 Å². The van der Waals surface area contributed by atoms with Crippen molar-refractivity contribution in [2.24, 2.45) is 0 Å². The van der Waals surface area contributed by atoms with Gasteiger partial charge in [0, 0.05) is 38.7 Å². The fraction of sp³-hybridized carbons (Fsp3) is 0.448. The zero-order chi connectivity index (χ0) is 27.7. The molecule has 6 atom stereocenters. The molecular formula is C29H31F3N2O5. The summed E-state index contributed by atoms with van der Waals surface area (Å²) in [4.78, 5) is 8.88. The van der Waals surface area contributed by atoms with Crippen LogP contribution in [-0.2, 0) is 42.7 Å². The third-order valence-corrected chi connectivity index (χ3v) is 7.39. The molecule has 1 aliphatic heterocycles. The van der Waals surface area contributed by atoms with Crippen LogP contribution in [0.25, 0.3) is 22.6 Å². The summed E-state index contributed by atoms with van der Waals surface area (Å²) in [6.45, 7) is 1.93. The molecule has 1 aromatic heterocycles. The Morgan fingerprint density at radius 1 is 0.821 bits per heavy atom. The number of ether oxygens (including phenoxy) is 5. The first-order valence-corrected chi connectivity index (χ1v) is 12.7. The number of nitrogens with zero attached hydrogens (tertiary/aromatic N) is 2. The van der Waals surface area contributed by atoms with Crippen LogP contribution in [0, 0.1) is 0 Å². The molecule has 0 spiro atoms. The van der Waals surface area contributed by atoms with Gasteiger partial charge < -0.3 is 23.7 Å². The van der Waals surface area contributed by atoms with Gasteiger partial charge in [0.2, 0.25) is 0 Å². The van der Waals surface area contributed by atoms with Crippen molar-refractivity contribution in [1.29, 1.82) is 0 Å². The van der Waals surface area contributed by atoms with Gasteiger partial charge in [-0.1, -0.05) is 24.3 Å². The van der Waals surface area contributed by atoms with Gasteiger partial charge in [0.1, 0.15) is 18.3 Å². The molecule has 1 fully saturated rings. The molecular weight excluding hydrogens is 513 g/mol. The minimum atomic E-state index is -4.39. The zero-order valence-corrected chi connectivity index (χ0v) is 22.1. The Hall–Kier alpha value is -2.89. The zero-order valence-electron chi connectivity index (χ0n) is 22.1. The number of alkyl halides is 3. The van der Waals surface area contributed by atoms with Crippen LogP contribution in [-0.4, -0.2) is 68.1 Å². The third kappa shape index (κ3) is 5.71. The predicted octanol–water partition coefficient (Wildman–Crippen LogP) is 5.10. The lowest BCUT2D eigenvalue weighted by molar-refractivity contribution is -0.314. The van der Waals surface area contributed by atoms with Crippen molar-refractivity contribution in [2.75, 3.05) is 21.3 Å². The summed E-state index contributed by atoms with van der Waals surface area (Å²) in [7, 11) is 4.86. The van der Waals surface area contributed by atoms with Gasteiger partial charge in [-0.25, -0.2) is 9.97 Å². The van der Waals surface area contributed by atoms with Crippen LogP contribution in [0.3, 0.4) is 0 Å². The lowest BCUT2D eigenvalue weighted by atomic mass is 9.99. The number of methoxy groups -OCH3 is 3. The first-order chi connectivity index (χ1) is 18.7. The van der Waals surface area contributed by atoms with Crippen molar-refractivity contribution in [3.63, 3.8) is 0 Å². The molecule has 208 valence electrons. The minimum absolute atomic E-state index is 0.102. The molecule has 39 heavy (non-hydrogen) atoms. The third-order valence-electron chi connectivity index (χ3n) is 7.39. The topological polar surface area (TPSA) is 71.9 Å². The lowest BCUT2D eigenvalue weighted by Gasteiger charge is -2.44. The van der Waals surface area contributed by atoms with Crippen molar-refractivity contribution in [3.8, 4) is 22.6 Å². The number of benzene rings is 2. The molecule has 0 bridgehead atoms. The molecule has 0 amide bonds. The summed E-state index contributed by atoms with van der Waals surface area (Å²) in [6, 6.07) is 12.8. The number of rotatable bonds is 7. The number of fused-ring (bicyclic) bond motifs is 1. The summed E-state index contributed by atoms with van der Waals surface area (Å²) in [6.07, 6.45) is -3.35. The average molecular weight is 545 g/mol. The Kier molecular flexibility index (Phi) is 8.02. The van der Waals surface area contributed by atoms with Crippen LogP contribution in [0.4, 0.5) is 13.2 Å². The van der Waals surface area contributed by atoms with Crippen molar-refractivity contribution in [1.82, 2.24) is 9.97 Å². The van der Waals surface area contributed by atoms with E-state index < -0.39 is 24.1 Å². The average Bonchev–Trinajstić information content (AvgIpc) is 3.34. The molecule has 0 N–H and O–H groups in total. The first kappa shape index (κ1) is 27.7. The van der Waals surface area contributed by atoms with E-state index in [1.807, 2.05) is 13.0 Å². The highest BCUT2D eigenvalue weighted by Crippen LogP contribution is 2.34. The Labute approximate surface area is 225 Å². The summed E-state index contributed by atoms with van der Waals surface area (Å²) in [5.74, 6) is 0.360. The van der Waals surface area contributed by atoms with Crippen molar-refractivity contribution in [2.45, 2.75) is 62.8 Å². The molecule has 1 aliphatic carbocycles. The first-order valence-electron chi connectivity index (χ1n) is 12.7. The van der Waals surface area contributed by atoms with Crippen LogP contribution < -0.4 is 0 Å². The molecule has 7 nitrogen and oxygen atoms in total. The van der Waals surface area contributed by atoms with Gasteiger partial charge in [0.15, 0.2) is 12.1 Å². The number of halogens is 3. The quantitative estimate of drug-likeness (QED) is 0.410. The van der Waals surface area contributed by atoms with E-state index >= 15 is 0 Å². The van der Waals surface area contributed by atoms with Crippen LogP contribution in [0.5, 0.6) is 0 Å². The van der Waals surface area contributed by atoms with Gasteiger partial charge >= 0.3 is 6.18 Å². The second-order valence-electron chi connectivity index (χ2n) is 9.80. The van der Waals surface area contributed by atoms with Gasteiger partial charge in [0.05, 0.1) is 23.5 Å². The van der Waals surface area contributed by atoms with E-state index in [1.54, 1.807) is 33.6 Å². The smallest absolute Gasteiger partial charge is 0.376 e. The van der Waals surface area contributed by atoms with Gasteiger partial charge in [0.25, 0.3) is 0 Å². The summed E-state index contributed by atoms with van der Waals surface area (Å²) < 4.78 is 68.3. The van der Waals surface area contributed by atoms with Gasteiger partial charge in [-0.3, -0.25) is 0 Å². The molecule has 1 saturated heterocycles. The maximum absolute atomic E-state index is 12.9. The van der Waals surface area contributed by atoms with Crippen molar-refractivity contribution in [3.05, 3.63) is 71.4 Å². The minimum Gasteiger partial charge on any atom is -0.376 e. The molecule has 2 aromatic carbocycles. The van der Waals surface area contributed by atoms with E-state index in [0.717, 1.165) is 29.7 Å². The van der Waals surface area contributed by atoms with Gasteiger partial charge in [-0.2, -0.15) is 13.2 Å². The van der Waals surface area contributed by atoms with E-state index in [1.165, 1.54) is 17.7 Å². The van der Waals surface area contributed by atoms with E-state index in [0.29, 0.717) is 23.5 Å². The molecule has 3 aromatic rings. The predicted molar refractivity (Wildman–Crippen MR) is 137 cm³/mol. The largest absolute Gasteiger partial charge is 0.416 e. The summed E-state index contributed by atoms with van der Waals surface area (Å²) in [5, 5.41) is 0. The van der Waals surface area contributed by atoms with Gasteiger partial charge in [-0.15, -0.1) is 0 Å². The van der Waals surface area contributed by atoms with Crippen molar-refractivity contribution >= 4 is 0 Å². The Morgan fingerprint density at radius 3 is 2.15 bits per heavy atom. The second-order valence-corrected chi connectivity index (χ2v) is 9.80. The fourth-order valence-electron chi connectivity index (χ4n) is 5.41. The maximum atomic E-state index is 12.9. The molecule has 2 aliphatic rings. The normalized spacial score (nSPS) is 26.9. The second kappa shape index (κ2) is 11.3. The molecule has 1 unspecified atom stereocenters. The molecule has 5 rings (SSSR count). The Morgan fingerprint density at radius 2 is 1.49 bits per heavy atom. The molecule has 10 heteroatoms. The highest BCUT2D eigenvalue weighted by Gasteiger charge is 2.47. The number of hydrogen-bond acceptors (Lipinski definition) is 7. The summed E-state index contributed by atoms with van der Waals surface area (Å²) in [5.41, 5.74) is 3.70. The fourth-order valence-corrected chi connectivity index (χ4v) is 5.41. The van der Waals surface area contributed by atoms with E-state index in [4.69, 9.17) is 23.7 Å². The highest BCUT2D eigenvalue weighted by molar-refractivity contribution is 5.65. The number of hydrogen-bond donors (Lipinski definition) is 0. The SMILES string of the molecule is CO[C@@H]1[C@@H](OC)[C@H](C)O[C@@H](OC2Cc3ccc(-c4ccnc(-c5ccc(C(F)(F)F)cc5)n4)cc3C2)[C@@H]1OC. The molecule has 0 radical (unpaired) electrons. The van der Waals surface area contributed by atoms with Crippen molar-refractivity contribution < 1.29 is 36.9 Å². The maximum Gasteiger partial charge on any atom is 0.416 e. The van der Waals surface area contributed by atoms with Gasteiger partial charge in [-0.05, 0) is 55.2 Å². The van der Waals surface area contributed by atoms with E-state index in [2.05, 4.69) is 22.1 Å².